The SMILES string of the molecule is CC(C)(C)OC(=O)N1CCCC(c2cccc(OC3=C[NH2+]NC(I)=C3)c2)C1. The largest absolute Gasteiger partial charge is 0.452 e. The first-order valence-electron chi connectivity index (χ1n) is 9.23. The number of rotatable bonds is 3. The van der Waals surface area contributed by atoms with Gasteiger partial charge in [0.1, 0.15) is 15.1 Å². The molecule has 27 heavy (non-hydrogen) atoms. The third kappa shape index (κ3) is 5.87. The van der Waals surface area contributed by atoms with Gasteiger partial charge in [-0.3, -0.25) is 0 Å². The Balaban J connectivity index is 1.67. The Bertz CT molecular complexity index is 755. The third-order valence-electron chi connectivity index (χ3n) is 4.38. The number of hydrogen-bond acceptors (Lipinski definition) is 4. The van der Waals surface area contributed by atoms with Crippen molar-refractivity contribution in [2.45, 2.75) is 45.1 Å². The molecule has 1 aromatic carbocycles. The van der Waals surface area contributed by atoms with Crippen molar-refractivity contribution in [1.29, 1.82) is 0 Å². The molecule has 7 heteroatoms. The molecule has 146 valence electrons. The van der Waals surface area contributed by atoms with Crippen LogP contribution in [0.4, 0.5) is 4.79 Å². The Morgan fingerprint density at radius 3 is 2.93 bits per heavy atom. The molecule has 0 radical (unpaired) electrons. The van der Waals surface area contributed by atoms with E-state index in [1.807, 2.05) is 55.5 Å². The Kier molecular flexibility index (Phi) is 6.31. The summed E-state index contributed by atoms with van der Waals surface area (Å²) >= 11 is 2.22. The van der Waals surface area contributed by atoms with Crippen LogP contribution in [0.15, 0.2) is 46.0 Å². The van der Waals surface area contributed by atoms with Gasteiger partial charge >= 0.3 is 6.09 Å². The summed E-state index contributed by atoms with van der Waals surface area (Å²) in [6, 6.07) is 8.16. The Morgan fingerprint density at radius 2 is 2.19 bits per heavy atom. The number of piperidine rings is 1. The van der Waals surface area contributed by atoms with Crippen LogP contribution in [0.3, 0.4) is 0 Å². The van der Waals surface area contributed by atoms with Gasteiger partial charge in [0.2, 0.25) is 0 Å². The lowest BCUT2D eigenvalue weighted by Crippen LogP contribution is -2.88. The van der Waals surface area contributed by atoms with E-state index in [1.165, 1.54) is 5.56 Å². The monoisotopic (exact) mass is 484 g/mol. The molecule has 1 atom stereocenters. The van der Waals surface area contributed by atoms with Gasteiger partial charge in [-0.05, 0) is 73.9 Å². The van der Waals surface area contributed by atoms with Crippen LogP contribution in [0.25, 0.3) is 0 Å². The summed E-state index contributed by atoms with van der Waals surface area (Å²) in [5.41, 5.74) is 5.69. The van der Waals surface area contributed by atoms with E-state index in [9.17, 15) is 4.79 Å². The van der Waals surface area contributed by atoms with E-state index in [4.69, 9.17) is 9.47 Å². The van der Waals surface area contributed by atoms with Gasteiger partial charge in [-0.2, -0.15) is 0 Å². The molecular formula is C20H27IN3O3+. The molecule has 1 unspecified atom stereocenters. The molecule has 1 aromatic rings. The minimum Gasteiger partial charge on any atom is -0.452 e. The number of carbonyl (C=O) groups excluding carboxylic acids is 1. The molecule has 3 rings (SSSR count). The highest BCUT2D eigenvalue weighted by atomic mass is 127. The minimum absolute atomic E-state index is 0.227. The Labute approximate surface area is 174 Å². The first-order valence-corrected chi connectivity index (χ1v) is 10.3. The van der Waals surface area contributed by atoms with E-state index in [2.05, 4.69) is 40.1 Å². The smallest absolute Gasteiger partial charge is 0.410 e. The topological polar surface area (TPSA) is 67.4 Å². The van der Waals surface area contributed by atoms with E-state index in [-0.39, 0.29) is 6.09 Å². The molecule has 0 saturated carbocycles. The molecule has 1 fully saturated rings. The maximum absolute atomic E-state index is 12.4. The zero-order chi connectivity index (χ0) is 19.4. The van der Waals surface area contributed by atoms with Gasteiger partial charge in [-0.25, -0.2) is 15.6 Å². The Hall–Kier alpha value is -1.74. The number of likely N-dealkylation sites (tertiary alicyclic amines) is 1. The summed E-state index contributed by atoms with van der Waals surface area (Å²) in [6.07, 6.45) is 5.66. The van der Waals surface area contributed by atoms with Gasteiger partial charge in [0, 0.05) is 25.1 Å². The second-order valence-electron chi connectivity index (χ2n) is 7.81. The summed E-state index contributed by atoms with van der Waals surface area (Å²) in [6.45, 7) is 7.12. The fourth-order valence-corrected chi connectivity index (χ4v) is 3.68. The normalized spacial score (nSPS) is 20.3. The number of nitrogens with one attached hydrogen (secondary N) is 1. The lowest BCUT2D eigenvalue weighted by molar-refractivity contribution is -0.642. The van der Waals surface area contributed by atoms with Gasteiger partial charge in [-0.15, -0.1) is 0 Å². The van der Waals surface area contributed by atoms with Crippen molar-refractivity contribution in [3.63, 3.8) is 0 Å². The van der Waals surface area contributed by atoms with Gasteiger partial charge in [0.05, 0.1) is 0 Å². The third-order valence-corrected chi connectivity index (χ3v) is 5.00. The van der Waals surface area contributed by atoms with E-state index in [1.54, 1.807) is 0 Å². The summed E-state index contributed by atoms with van der Waals surface area (Å²) in [4.78, 5) is 14.2. The predicted molar refractivity (Wildman–Crippen MR) is 112 cm³/mol. The van der Waals surface area contributed by atoms with Gasteiger partial charge in [0.15, 0.2) is 12.0 Å². The van der Waals surface area contributed by atoms with Crippen molar-refractivity contribution in [3.05, 3.63) is 51.6 Å². The van der Waals surface area contributed by atoms with Crippen molar-refractivity contribution in [3.8, 4) is 5.75 Å². The first-order chi connectivity index (χ1) is 12.8. The molecule has 2 aliphatic rings. The van der Waals surface area contributed by atoms with Crippen molar-refractivity contribution >= 4 is 28.7 Å². The van der Waals surface area contributed by atoms with Crippen LogP contribution in [-0.2, 0) is 4.74 Å². The molecule has 2 heterocycles. The van der Waals surface area contributed by atoms with Crippen LogP contribution in [-0.4, -0.2) is 29.7 Å². The number of nitrogens with zero attached hydrogens (tertiary/aromatic N) is 1. The lowest BCUT2D eigenvalue weighted by Gasteiger charge is -2.34. The van der Waals surface area contributed by atoms with Crippen LogP contribution in [0.2, 0.25) is 0 Å². The molecule has 0 aliphatic carbocycles. The number of ether oxygens (including phenoxy) is 2. The van der Waals surface area contributed by atoms with Crippen LogP contribution in [0, 0.1) is 0 Å². The van der Waals surface area contributed by atoms with Gasteiger partial charge in [-0.1, -0.05) is 12.1 Å². The van der Waals surface area contributed by atoms with Crippen molar-refractivity contribution in [1.82, 2.24) is 10.3 Å². The van der Waals surface area contributed by atoms with Crippen molar-refractivity contribution in [2.24, 2.45) is 0 Å². The first kappa shape index (κ1) is 20.0. The molecule has 3 N–H and O–H groups in total. The molecule has 6 nitrogen and oxygen atoms in total. The van der Waals surface area contributed by atoms with E-state index < -0.39 is 5.60 Å². The average molecular weight is 484 g/mol. The summed E-state index contributed by atoms with van der Waals surface area (Å²) < 4.78 is 12.6. The number of amides is 1. The number of quaternary nitrogens is 1. The molecule has 0 aromatic heterocycles. The van der Waals surface area contributed by atoms with Gasteiger partial charge in [0.25, 0.3) is 0 Å². The van der Waals surface area contributed by atoms with E-state index >= 15 is 0 Å². The quantitative estimate of drug-likeness (QED) is 0.392. The highest BCUT2D eigenvalue weighted by Gasteiger charge is 2.28. The highest BCUT2D eigenvalue weighted by Crippen LogP contribution is 2.30. The van der Waals surface area contributed by atoms with E-state index in [0.717, 1.165) is 34.6 Å². The molecule has 1 saturated heterocycles. The zero-order valence-corrected chi connectivity index (χ0v) is 18.2. The molecule has 2 aliphatic heterocycles. The standard InChI is InChI=1S/C20H26IN3O3/c1-20(2,3)27-19(25)24-9-5-7-15(13-24)14-6-4-8-16(10-14)26-17-11-18(21)23-22-12-17/h4,6,8,10-12,15,22-23H,5,7,9,13H2,1-3H3/p+1. The van der Waals surface area contributed by atoms with Crippen molar-refractivity contribution in [2.75, 3.05) is 13.1 Å². The highest BCUT2D eigenvalue weighted by molar-refractivity contribution is 14.1. The molecular weight excluding hydrogens is 457 g/mol. The van der Waals surface area contributed by atoms with Crippen LogP contribution in [0.1, 0.15) is 45.1 Å². The van der Waals surface area contributed by atoms with Crippen LogP contribution < -0.4 is 15.6 Å². The van der Waals surface area contributed by atoms with Crippen molar-refractivity contribution < 1.29 is 19.7 Å². The maximum Gasteiger partial charge on any atom is 0.410 e. The number of allylic oxidation sites excluding steroid dienone is 1. The number of hydrogen-bond donors (Lipinski definition) is 2. The predicted octanol–water partition coefficient (Wildman–Crippen LogP) is 3.38. The zero-order valence-electron chi connectivity index (χ0n) is 16.0. The second kappa shape index (κ2) is 8.52. The summed E-state index contributed by atoms with van der Waals surface area (Å²) in [7, 11) is 0. The summed E-state index contributed by atoms with van der Waals surface area (Å²) in [5, 5.41) is 0. The maximum atomic E-state index is 12.4. The number of carbonyl (C=O) groups is 1. The fraction of sp³-hybridized carbons (Fsp3) is 0.450. The van der Waals surface area contributed by atoms with E-state index in [0.29, 0.717) is 12.5 Å². The number of benzene rings is 1. The second-order valence-corrected chi connectivity index (χ2v) is 8.97. The number of nitrogens with two attached hydrogens (primary N) is 1. The molecule has 0 spiro atoms. The lowest BCUT2D eigenvalue weighted by atomic mass is 9.90. The molecule has 1 amide bonds. The Morgan fingerprint density at radius 1 is 1.37 bits per heavy atom. The number of halogens is 1. The summed E-state index contributed by atoms with van der Waals surface area (Å²) in [5.74, 6) is 1.90. The van der Waals surface area contributed by atoms with Crippen LogP contribution in [0.5, 0.6) is 5.75 Å². The van der Waals surface area contributed by atoms with Gasteiger partial charge < -0.3 is 14.4 Å². The van der Waals surface area contributed by atoms with Crippen LogP contribution >= 0.6 is 22.6 Å². The fourth-order valence-electron chi connectivity index (χ4n) is 3.19. The molecule has 0 bridgehead atoms. The minimum atomic E-state index is -0.470. The average Bonchev–Trinajstić information content (AvgIpc) is 2.61.